The Hall–Kier alpha value is -2.26. The van der Waals surface area contributed by atoms with Crippen LogP contribution in [0.4, 0.5) is 0 Å². The van der Waals surface area contributed by atoms with Crippen molar-refractivity contribution in [1.29, 1.82) is 0 Å². The number of carbonyl (C=O) groups is 1. The van der Waals surface area contributed by atoms with Gasteiger partial charge in [-0.05, 0) is 47.9 Å². The number of hydrogen-bond acceptors (Lipinski definition) is 5. The molecule has 0 bridgehead atoms. The Morgan fingerprint density at radius 3 is 2.52 bits per heavy atom. The highest BCUT2D eigenvalue weighted by Crippen LogP contribution is 2.28. The Kier molecular flexibility index (Phi) is 7.09. The third-order valence-electron chi connectivity index (χ3n) is 4.10. The van der Waals surface area contributed by atoms with Crippen molar-refractivity contribution in [2.45, 2.75) is 17.9 Å². The number of aromatic carboxylic acids is 1. The molecule has 2 N–H and O–H groups in total. The number of carboxylic acid groups (broad SMARTS) is 1. The van der Waals surface area contributed by atoms with Crippen molar-refractivity contribution >= 4 is 16.0 Å². The van der Waals surface area contributed by atoms with Crippen molar-refractivity contribution in [3.63, 3.8) is 0 Å². The Morgan fingerprint density at radius 2 is 1.89 bits per heavy atom. The van der Waals surface area contributed by atoms with E-state index in [0.717, 1.165) is 11.6 Å². The van der Waals surface area contributed by atoms with E-state index in [2.05, 4.69) is 4.72 Å². The van der Waals surface area contributed by atoms with E-state index in [0.29, 0.717) is 11.1 Å². The normalized spacial score (nSPS) is 12.7. The number of nitrogens with one attached hydrogen (secondary N) is 1. The first-order valence-electron chi connectivity index (χ1n) is 8.28. The molecule has 2 rings (SSSR count). The molecule has 2 aromatic rings. The summed E-state index contributed by atoms with van der Waals surface area (Å²) in [6, 6.07) is 11.4. The van der Waals surface area contributed by atoms with Crippen LogP contribution in [0.25, 0.3) is 11.1 Å². The molecule has 1 atom stereocenters. The minimum atomic E-state index is -3.87. The van der Waals surface area contributed by atoms with E-state index in [-0.39, 0.29) is 29.7 Å². The largest absolute Gasteiger partial charge is 0.478 e. The number of ether oxygens (including phenoxy) is 2. The van der Waals surface area contributed by atoms with Crippen LogP contribution in [-0.4, -0.2) is 46.9 Å². The first-order chi connectivity index (χ1) is 12.8. The zero-order chi connectivity index (χ0) is 20.0. The molecule has 146 valence electrons. The van der Waals surface area contributed by atoms with E-state index in [1.54, 1.807) is 13.2 Å². The molecular weight excluding hydrogens is 370 g/mol. The van der Waals surface area contributed by atoms with Crippen molar-refractivity contribution in [1.82, 2.24) is 4.72 Å². The first-order valence-corrected chi connectivity index (χ1v) is 9.77. The highest BCUT2D eigenvalue weighted by molar-refractivity contribution is 7.89. The molecule has 0 aliphatic carbocycles. The second-order valence-electron chi connectivity index (χ2n) is 5.95. The van der Waals surface area contributed by atoms with Gasteiger partial charge in [-0.1, -0.05) is 18.2 Å². The van der Waals surface area contributed by atoms with Gasteiger partial charge in [-0.15, -0.1) is 0 Å². The van der Waals surface area contributed by atoms with Gasteiger partial charge in [0.2, 0.25) is 10.0 Å². The van der Waals surface area contributed by atoms with Crippen LogP contribution in [0, 0.1) is 0 Å². The summed E-state index contributed by atoms with van der Waals surface area (Å²) >= 11 is 0. The van der Waals surface area contributed by atoms with Crippen LogP contribution in [0.3, 0.4) is 0 Å². The molecule has 0 aromatic heterocycles. The highest BCUT2D eigenvalue weighted by atomic mass is 32.2. The van der Waals surface area contributed by atoms with E-state index in [4.69, 9.17) is 9.47 Å². The Labute approximate surface area is 159 Å². The molecule has 8 heteroatoms. The molecule has 2 aromatic carbocycles. The second-order valence-corrected chi connectivity index (χ2v) is 7.71. The van der Waals surface area contributed by atoms with E-state index in [1.807, 2.05) is 25.1 Å². The van der Waals surface area contributed by atoms with Crippen LogP contribution in [0.5, 0.6) is 0 Å². The van der Waals surface area contributed by atoms with Crippen LogP contribution in [0.15, 0.2) is 47.4 Å². The predicted octanol–water partition coefficient (Wildman–Crippen LogP) is 2.68. The second kappa shape index (κ2) is 9.09. The Balaban J connectivity index is 2.52. The molecule has 0 spiro atoms. The molecule has 0 fully saturated rings. The lowest BCUT2D eigenvalue weighted by atomic mass is 9.99. The van der Waals surface area contributed by atoms with E-state index < -0.39 is 16.0 Å². The van der Waals surface area contributed by atoms with Gasteiger partial charge in [0, 0.05) is 20.8 Å². The van der Waals surface area contributed by atoms with Gasteiger partial charge in [0.15, 0.2) is 0 Å². The van der Waals surface area contributed by atoms with E-state index >= 15 is 0 Å². The number of rotatable bonds is 9. The molecule has 27 heavy (non-hydrogen) atoms. The molecule has 0 radical (unpaired) electrons. The molecule has 0 unspecified atom stereocenters. The maximum atomic E-state index is 12.5. The molecular formula is C19H23NO6S. The van der Waals surface area contributed by atoms with Gasteiger partial charge in [-0.2, -0.15) is 0 Å². The van der Waals surface area contributed by atoms with Crippen LogP contribution >= 0.6 is 0 Å². The van der Waals surface area contributed by atoms with E-state index in [1.165, 1.54) is 19.2 Å². The van der Waals surface area contributed by atoms with Gasteiger partial charge in [0.05, 0.1) is 23.2 Å². The maximum absolute atomic E-state index is 12.5. The van der Waals surface area contributed by atoms with E-state index in [9.17, 15) is 18.3 Å². The summed E-state index contributed by atoms with van der Waals surface area (Å²) in [4.78, 5) is 11.4. The van der Waals surface area contributed by atoms with Crippen molar-refractivity contribution < 1.29 is 27.8 Å². The van der Waals surface area contributed by atoms with Gasteiger partial charge < -0.3 is 14.6 Å². The van der Waals surface area contributed by atoms with Crippen molar-refractivity contribution in [2.24, 2.45) is 0 Å². The quantitative estimate of drug-likeness (QED) is 0.635. The lowest BCUT2D eigenvalue weighted by molar-refractivity contribution is 0.0696. The zero-order valence-electron chi connectivity index (χ0n) is 15.4. The van der Waals surface area contributed by atoms with Gasteiger partial charge in [-0.25, -0.2) is 17.9 Å². The lowest BCUT2D eigenvalue weighted by Crippen LogP contribution is -2.27. The molecule has 0 heterocycles. The predicted molar refractivity (Wildman–Crippen MR) is 101 cm³/mol. The van der Waals surface area contributed by atoms with Gasteiger partial charge >= 0.3 is 5.97 Å². The summed E-state index contributed by atoms with van der Waals surface area (Å²) in [5, 5.41) is 9.39. The van der Waals surface area contributed by atoms with Crippen molar-refractivity contribution in [3.8, 4) is 11.1 Å². The summed E-state index contributed by atoms with van der Waals surface area (Å²) in [6.07, 6.45) is -0.147. The molecule has 0 saturated heterocycles. The van der Waals surface area contributed by atoms with Gasteiger partial charge in [0.1, 0.15) is 0 Å². The van der Waals surface area contributed by atoms with Gasteiger partial charge in [-0.3, -0.25) is 0 Å². The van der Waals surface area contributed by atoms with Crippen LogP contribution in [0.2, 0.25) is 0 Å². The lowest BCUT2D eigenvalue weighted by Gasteiger charge is -2.13. The standard InChI is InChI=1S/C19H23NO6S/c1-13(26-3)14-5-4-6-15(9-14)16-10-17(19(21)22)12-18(11-16)27(23,24)20-7-8-25-2/h4-6,9-13,20H,7-8H2,1-3H3,(H,21,22)/t13-/m0/s1. The fourth-order valence-electron chi connectivity index (χ4n) is 2.51. The zero-order valence-corrected chi connectivity index (χ0v) is 16.2. The summed E-state index contributed by atoms with van der Waals surface area (Å²) in [5.41, 5.74) is 1.99. The smallest absolute Gasteiger partial charge is 0.335 e. The Bertz CT molecular complexity index is 910. The monoisotopic (exact) mass is 393 g/mol. The molecule has 7 nitrogen and oxygen atoms in total. The van der Waals surface area contributed by atoms with Crippen LogP contribution < -0.4 is 4.72 Å². The third-order valence-corrected chi connectivity index (χ3v) is 5.55. The minimum absolute atomic E-state index is 0.0896. The summed E-state index contributed by atoms with van der Waals surface area (Å²) < 4.78 is 37.6. The first kappa shape index (κ1) is 21.0. The fraction of sp³-hybridized carbons (Fsp3) is 0.316. The maximum Gasteiger partial charge on any atom is 0.335 e. The molecule has 0 aliphatic rings. The summed E-state index contributed by atoms with van der Waals surface area (Å²) in [6.45, 7) is 2.19. The van der Waals surface area contributed by atoms with Crippen molar-refractivity contribution in [2.75, 3.05) is 27.4 Å². The minimum Gasteiger partial charge on any atom is -0.478 e. The SMILES string of the molecule is COCCNS(=O)(=O)c1cc(C(=O)O)cc(-c2cccc([C@H](C)OC)c2)c1. The number of hydrogen-bond donors (Lipinski definition) is 2. The number of sulfonamides is 1. The average Bonchev–Trinajstić information content (AvgIpc) is 2.67. The number of carboxylic acids is 1. The molecule has 0 saturated carbocycles. The number of methoxy groups -OCH3 is 2. The van der Waals surface area contributed by atoms with Gasteiger partial charge in [0.25, 0.3) is 0 Å². The summed E-state index contributed by atoms with van der Waals surface area (Å²) in [5.74, 6) is -1.20. The third kappa shape index (κ3) is 5.36. The summed E-state index contributed by atoms with van der Waals surface area (Å²) in [7, 11) is -0.808. The highest BCUT2D eigenvalue weighted by Gasteiger charge is 2.18. The fourth-order valence-corrected chi connectivity index (χ4v) is 3.60. The van der Waals surface area contributed by atoms with Crippen molar-refractivity contribution in [3.05, 3.63) is 53.6 Å². The molecule has 0 amide bonds. The van der Waals surface area contributed by atoms with Crippen LogP contribution in [0.1, 0.15) is 28.9 Å². The average molecular weight is 393 g/mol. The topological polar surface area (TPSA) is 102 Å². The number of benzene rings is 2. The molecule has 0 aliphatic heterocycles. The van der Waals surface area contributed by atoms with Crippen LogP contribution in [-0.2, 0) is 19.5 Å². The Morgan fingerprint density at radius 1 is 1.15 bits per heavy atom.